The first-order chi connectivity index (χ1) is 11.3. The predicted octanol–water partition coefficient (Wildman–Crippen LogP) is 0.836. The van der Waals surface area contributed by atoms with Crippen molar-refractivity contribution in [1.82, 2.24) is 20.2 Å². The third-order valence-electron chi connectivity index (χ3n) is 3.33. The average molecular weight is 353 g/mol. The maximum absolute atomic E-state index is 12.3. The molecule has 0 aliphatic rings. The lowest BCUT2D eigenvalue weighted by Crippen LogP contribution is -2.27. The van der Waals surface area contributed by atoms with Gasteiger partial charge >= 0.3 is 5.97 Å². The van der Waals surface area contributed by atoms with E-state index in [0.717, 1.165) is 17.0 Å². The number of sulfonamides is 1. The molecule has 1 aromatic heterocycles. The van der Waals surface area contributed by atoms with E-state index in [4.69, 9.17) is 4.74 Å². The first-order valence-electron chi connectivity index (χ1n) is 7.29. The summed E-state index contributed by atoms with van der Waals surface area (Å²) in [5, 5.41) is 11.2. The molecule has 1 heterocycles. The number of benzene rings is 1. The lowest BCUT2D eigenvalue weighted by molar-refractivity contribution is 0.0457. The Morgan fingerprint density at radius 3 is 2.71 bits per heavy atom. The Morgan fingerprint density at radius 2 is 2.04 bits per heavy atom. The number of aromatic nitrogens is 4. The van der Waals surface area contributed by atoms with Crippen LogP contribution in [0.1, 0.15) is 29.5 Å². The van der Waals surface area contributed by atoms with Gasteiger partial charge in [-0.1, -0.05) is 19.1 Å². The summed E-state index contributed by atoms with van der Waals surface area (Å²) in [5.74, 6) is -0.216. The van der Waals surface area contributed by atoms with Gasteiger partial charge in [-0.3, -0.25) is 4.31 Å². The summed E-state index contributed by atoms with van der Waals surface area (Å²) >= 11 is 0. The second kappa shape index (κ2) is 7.39. The molecule has 0 saturated heterocycles. The number of anilines is 1. The summed E-state index contributed by atoms with van der Waals surface area (Å²) in [6, 6.07) is 6.33. The zero-order valence-corrected chi connectivity index (χ0v) is 14.5. The second-order valence-electron chi connectivity index (χ2n) is 5.14. The monoisotopic (exact) mass is 353 g/mol. The van der Waals surface area contributed by atoms with Crippen LogP contribution in [0.25, 0.3) is 0 Å². The Labute approximate surface area is 140 Å². The first kappa shape index (κ1) is 17.9. The van der Waals surface area contributed by atoms with Gasteiger partial charge in [-0.05, 0) is 29.0 Å². The van der Waals surface area contributed by atoms with Gasteiger partial charge in [0.05, 0.1) is 17.5 Å². The van der Waals surface area contributed by atoms with E-state index in [-0.39, 0.29) is 17.9 Å². The normalized spacial score (nSPS) is 11.3. The summed E-state index contributed by atoms with van der Waals surface area (Å²) in [6.45, 7) is 2.50. The van der Waals surface area contributed by atoms with Crippen molar-refractivity contribution in [3.05, 3.63) is 35.7 Å². The Hall–Kier alpha value is -2.49. The molecule has 0 aliphatic heterocycles. The number of tetrazole rings is 1. The summed E-state index contributed by atoms with van der Waals surface area (Å²) in [4.78, 5) is 12.3. The molecular weight excluding hydrogens is 334 g/mol. The second-order valence-corrected chi connectivity index (χ2v) is 7.16. The van der Waals surface area contributed by atoms with Crippen LogP contribution in [0.2, 0.25) is 0 Å². The van der Waals surface area contributed by atoms with Crippen LogP contribution in [0, 0.1) is 0 Å². The van der Waals surface area contributed by atoms with Crippen LogP contribution in [-0.2, 0) is 27.9 Å². The molecule has 0 fully saturated rings. The van der Waals surface area contributed by atoms with E-state index < -0.39 is 16.0 Å². The lowest BCUT2D eigenvalue weighted by atomic mass is 10.2. The highest BCUT2D eigenvalue weighted by molar-refractivity contribution is 7.92. The minimum atomic E-state index is -3.50. The molecule has 130 valence electrons. The molecule has 0 spiro atoms. The third kappa shape index (κ3) is 4.07. The molecule has 0 atom stereocenters. The molecule has 10 heteroatoms. The van der Waals surface area contributed by atoms with Gasteiger partial charge < -0.3 is 4.74 Å². The summed E-state index contributed by atoms with van der Waals surface area (Å²) in [7, 11) is -2.12. The number of para-hydroxylation sites is 1. The van der Waals surface area contributed by atoms with Gasteiger partial charge in [-0.15, -0.1) is 5.10 Å². The van der Waals surface area contributed by atoms with E-state index in [1.165, 1.54) is 13.1 Å². The van der Waals surface area contributed by atoms with Gasteiger partial charge in [0, 0.05) is 13.6 Å². The average Bonchev–Trinajstić information content (AvgIpc) is 2.98. The van der Waals surface area contributed by atoms with Crippen molar-refractivity contribution in [1.29, 1.82) is 0 Å². The molecule has 0 radical (unpaired) electrons. The minimum absolute atomic E-state index is 0.0945. The Kier molecular flexibility index (Phi) is 5.50. The van der Waals surface area contributed by atoms with Gasteiger partial charge in [-0.25, -0.2) is 17.9 Å². The van der Waals surface area contributed by atoms with E-state index in [0.29, 0.717) is 12.4 Å². The molecule has 9 nitrogen and oxygen atoms in total. The van der Waals surface area contributed by atoms with Gasteiger partial charge in [0.25, 0.3) is 0 Å². The number of carbonyl (C=O) groups excluding carboxylic acids is 1. The van der Waals surface area contributed by atoms with Crippen LogP contribution >= 0.6 is 0 Å². The van der Waals surface area contributed by atoms with Crippen molar-refractivity contribution in [2.45, 2.75) is 26.5 Å². The zero-order valence-electron chi connectivity index (χ0n) is 13.7. The van der Waals surface area contributed by atoms with E-state index in [1.54, 1.807) is 22.9 Å². The molecule has 0 amide bonds. The van der Waals surface area contributed by atoms with Crippen molar-refractivity contribution >= 4 is 21.7 Å². The molecular formula is C14H19N5O4S. The number of carbonyl (C=O) groups is 1. The maximum Gasteiger partial charge on any atom is 0.340 e. The third-order valence-corrected chi connectivity index (χ3v) is 4.53. The van der Waals surface area contributed by atoms with Crippen LogP contribution in [0.15, 0.2) is 24.3 Å². The van der Waals surface area contributed by atoms with Crippen molar-refractivity contribution in [2.75, 3.05) is 17.6 Å². The fraction of sp³-hybridized carbons (Fsp3) is 0.429. The predicted molar refractivity (Wildman–Crippen MR) is 86.9 cm³/mol. The fourth-order valence-corrected chi connectivity index (χ4v) is 2.54. The van der Waals surface area contributed by atoms with E-state index in [9.17, 15) is 13.2 Å². The van der Waals surface area contributed by atoms with Crippen molar-refractivity contribution in [3.8, 4) is 0 Å². The van der Waals surface area contributed by atoms with Crippen molar-refractivity contribution in [3.63, 3.8) is 0 Å². The van der Waals surface area contributed by atoms with Crippen LogP contribution in [0.5, 0.6) is 0 Å². The summed E-state index contributed by atoms with van der Waals surface area (Å²) in [6.07, 6.45) is 1.90. The van der Waals surface area contributed by atoms with E-state index >= 15 is 0 Å². The van der Waals surface area contributed by atoms with Gasteiger partial charge in [-0.2, -0.15) is 0 Å². The molecule has 0 aliphatic carbocycles. The summed E-state index contributed by atoms with van der Waals surface area (Å²) < 4.78 is 31.3. The standard InChI is InChI=1S/C14H19N5O4S/c1-4-9-19-13(15-16-17-19)10-23-14(20)11-7-5-6-8-12(11)18(2)24(3,21)22/h5-8H,4,9-10H2,1-3H3. The Balaban J connectivity index is 2.17. The molecule has 24 heavy (non-hydrogen) atoms. The molecule has 1 aromatic carbocycles. The number of rotatable bonds is 7. The van der Waals surface area contributed by atoms with Gasteiger partial charge in [0.2, 0.25) is 10.0 Å². The van der Waals surface area contributed by atoms with Crippen LogP contribution < -0.4 is 4.31 Å². The molecule has 0 saturated carbocycles. The molecule has 0 N–H and O–H groups in total. The molecule has 0 bridgehead atoms. The maximum atomic E-state index is 12.3. The lowest BCUT2D eigenvalue weighted by Gasteiger charge is -2.19. The number of ether oxygens (including phenoxy) is 1. The zero-order chi connectivity index (χ0) is 17.7. The van der Waals surface area contributed by atoms with E-state index in [2.05, 4.69) is 15.5 Å². The molecule has 2 rings (SSSR count). The Bertz CT molecular complexity index is 818. The molecule has 2 aromatic rings. The highest BCUT2D eigenvalue weighted by atomic mass is 32.2. The SMILES string of the molecule is CCCn1nnnc1COC(=O)c1ccccc1N(C)S(C)(=O)=O. The minimum Gasteiger partial charge on any atom is -0.454 e. The number of hydrogen-bond donors (Lipinski definition) is 0. The highest BCUT2D eigenvalue weighted by Gasteiger charge is 2.21. The number of aryl methyl sites for hydroxylation is 1. The van der Waals surface area contributed by atoms with E-state index in [1.807, 2.05) is 6.92 Å². The highest BCUT2D eigenvalue weighted by Crippen LogP contribution is 2.22. The van der Waals surface area contributed by atoms with Crippen molar-refractivity contribution in [2.24, 2.45) is 0 Å². The number of hydrogen-bond acceptors (Lipinski definition) is 7. The first-order valence-corrected chi connectivity index (χ1v) is 9.14. The number of esters is 1. The largest absolute Gasteiger partial charge is 0.454 e. The fourth-order valence-electron chi connectivity index (χ4n) is 2.02. The molecule has 0 unspecified atom stereocenters. The number of nitrogens with zero attached hydrogens (tertiary/aromatic N) is 5. The van der Waals surface area contributed by atoms with Crippen LogP contribution in [0.3, 0.4) is 0 Å². The summed E-state index contributed by atoms with van der Waals surface area (Å²) in [5.41, 5.74) is 0.401. The van der Waals surface area contributed by atoms with Crippen LogP contribution in [-0.4, -0.2) is 47.9 Å². The quantitative estimate of drug-likeness (QED) is 0.679. The van der Waals surface area contributed by atoms with Gasteiger partial charge in [0.1, 0.15) is 0 Å². The Morgan fingerprint density at radius 1 is 1.33 bits per heavy atom. The van der Waals surface area contributed by atoms with Crippen LogP contribution in [0.4, 0.5) is 5.69 Å². The van der Waals surface area contributed by atoms with Crippen molar-refractivity contribution < 1.29 is 17.9 Å². The smallest absolute Gasteiger partial charge is 0.340 e. The van der Waals surface area contributed by atoms with Gasteiger partial charge in [0.15, 0.2) is 12.4 Å². The topological polar surface area (TPSA) is 107 Å².